The lowest BCUT2D eigenvalue weighted by molar-refractivity contribution is -0.121. The van der Waals surface area contributed by atoms with Crippen molar-refractivity contribution in [3.8, 4) is 17.2 Å². The molecule has 0 aliphatic heterocycles. The minimum Gasteiger partial charge on any atom is -0.508 e. The fourth-order valence-electron chi connectivity index (χ4n) is 3.82. The summed E-state index contributed by atoms with van der Waals surface area (Å²) in [6.07, 6.45) is 7.24. The summed E-state index contributed by atoms with van der Waals surface area (Å²) >= 11 is 0. The van der Waals surface area contributed by atoms with Crippen LogP contribution in [0.4, 0.5) is 0 Å². The number of aliphatic hydroxyl groups is 1. The van der Waals surface area contributed by atoms with Gasteiger partial charge >= 0.3 is 0 Å². The number of aromatic nitrogens is 3. The van der Waals surface area contributed by atoms with E-state index >= 15 is 0 Å². The first-order chi connectivity index (χ1) is 21.4. The predicted molar refractivity (Wildman–Crippen MR) is 162 cm³/mol. The molecule has 1 heterocycles. The third-order valence-electron chi connectivity index (χ3n) is 6.11. The lowest BCUT2D eigenvalue weighted by Gasteiger charge is -2.10. The molecule has 12 heteroatoms. The van der Waals surface area contributed by atoms with E-state index in [2.05, 4.69) is 10.3 Å². The number of allylic oxidation sites excluding steroid dienone is 2. The lowest BCUT2D eigenvalue weighted by atomic mass is 10.1. The molecule has 0 fully saturated rings. The van der Waals surface area contributed by atoms with Crippen LogP contribution in [0.25, 0.3) is 12.2 Å². The van der Waals surface area contributed by atoms with Gasteiger partial charge in [-0.15, -0.1) is 5.10 Å². The number of carbonyl (C=O) groups excluding carboxylic acids is 2. The van der Waals surface area contributed by atoms with E-state index in [9.17, 15) is 19.8 Å². The summed E-state index contributed by atoms with van der Waals surface area (Å²) in [6, 6.07) is 9.81. The monoisotopic (exact) mass is 609 g/mol. The molecule has 2 N–H and O–H groups in total. The third kappa shape index (κ3) is 12.1. The molecule has 0 bridgehead atoms. The van der Waals surface area contributed by atoms with Crippen LogP contribution >= 0.6 is 0 Å². The standard InChI is InChI=1S/C32H39N3O9/c1-3-41-14-15-43-17-16-42-13-12-35-21-27(33-34-35)23-44-31-11-7-25(19-32(31)40-2)5-9-29(38)20-28(37)8-4-24-6-10-30(39)26(18-24)22-36/h4-11,18-19,21,36,39H,3,12-17,20,22-23H2,1-2H3/b8-4-,9-5-. The topological polar surface area (TPSA) is 151 Å². The Bertz CT molecular complexity index is 1400. The SMILES string of the molecule is CCOCCOCCOCCn1cc(COc2ccc(/C=C\C(=O)CC(=O)/C=C\c3ccc(O)c(CO)c3)cc2OC)nn1. The minimum absolute atomic E-state index is 0.0264. The maximum Gasteiger partial charge on any atom is 0.163 e. The second-order valence-corrected chi connectivity index (χ2v) is 9.42. The van der Waals surface area contributed by atoms with Gasteiger partial charge in [0.2, 0.25) is 0 Å². The number of ether oxygens (including phenoxy) is 5. The third-order valence-corrected chi connectivity index (χ3v) is 6.11. The van der Waals surface area contributed by atoms with E-state index in [4.69, 9.17) is 23.7 Å². The number of methoxy groups -OCH3 is 1. The smallest absolute Gasteiger partial charge is 0.163 e. The number of ketones is 2. The predicted octanol–water partition coefficient (Wildman–Crippen LogP) is 3.39. The summed E-state index contributed by atoms with van der Waals surface area (Å²) < 4.78 is 29.2. The van der Waals surface area contributed by atoms with Crippen LogP contribution in [0.2, 0.25) is 0 Å². The average Bonchev–Trinajstić information content (AvgIpc) is 3.49. The Morgan fingerprint density at radius 2 is 1.55 bits per heavy atom. The molecule has 3 rings (SSSR count). The summed E-state index contributed by atoms with van der Waals surface area (Å²) in [6.45, 7) is 5.61. The van der Waals surface area contributed by atoms with Crippen molar-refractivity contribution in [3.05, 3.63) is 77.1 Å². The minimum atomic E-state index is -0.372. The summed E-state index contributed by atoms with van der Waals surface area (Å²) in [4.78, 5) is 24.5. The molecule has 0 radical (unpaired) electrons. The molecule has 0 spiro atoms. The van der Waals surface area contributed by atoms with E-state index in [-0.39, 0.29) is 37.0 Å². The molecule has 0 saturated heterocycles. The van der Waals surface area contributed by atoms with Gasteiger partial charge < -0.3 is 33.9 Å². The molecule has 236 valence electrons. The molecule has 0 aliphatic carbocycles. The zero-order valence-electron chi connectivity index (χ0n) is 25.0. The lowest BCUT2D eigenvalue weighted by Crippen LogP contribution is -2.12. The van der Waals surface area contributed by atoms with Gasteiger partial charge in [-0.1, -0.05) is 29.5 Å². The Labute approximate surface area is 256 Å². The number of phenols is 1. The molecule has 0 saturated carbocycles. The van der Waals surface area contributed by atoms with Crippen LogP contribution in [0.1, 0.15) is 35.7 Å². The van der Waals surface area contributed by atoms with Gasteiger partial charge in [-0.2, -0.15) is 0 Å². The highest BCUT2D eigenvalue weighted by Gasteiger charge is 2.09. The van der Waals surface area contributed by atoms with Crippen molar-refractivity contribution in [2.75, 3.05) is 46.8 Å². The maximum absolute atomic E-state index is 12.3. The fraction of sp³-hybridized carbons (Fsp3) is 0.375. The first-order valence-corrected chi connectivity index (χ1v) is 14.2. The van der Waals surface area contributed by atoms with Crippen molar-refractivity contribution in [2.45, 2.75) is 33.1 Å². The van der Waals surface area contributed by atoms with Crippen molar-refractivity contribution in [1.29, 1.82) is 0 Å². The molecule has 0 unspecified atom stereocenters. The molecular formula is C32H39N3O9. The Morgan fingerprint density at radius 1 is 0.886 bits per heavy atom. The van der Waals surface area contributed by atoms with Gasteiger partial charge in [0.15, 0.2) is 23.1 Å². The Hall–Kier alpha value is -4.36. The number of aliphatic hydroxyl groups excluding tert-OH is 1. The highest BCUT2D eigenvalue weighted by molar-refractivity contribution is 6.10. The second kappa shape index (κ2) is 19.0. The van der Waals surface area contributed by atoms with Gasteiger partial charge in [0, 0.05) is 12.2 Å². The molecule has 0 aliphatic rings. The van der Waals surface area contributed by atoms with Crippen molar-refractivity contribution in [1.82, 2.24) is 15.0 Å². The fourth-order valence-corrected chi connectivity index (χ4v) is 3.82. The first-order valence-electron chi connectivity index (χ1n) is 14.2. The Balaban J connectivity index is 1.42. The van der Waals surface area contributed by atoms with Crippen LogP contribution < -0.4 is 9.47 Å². The van der Waals surface area contributed by atoms with E-state index in [0.717, 1.165) is 0 Å². The molecule has 0 amide bonds. The zero-order valence-corrected chi connectivity index (χ0v) is 25.0. The van der Waals surface area contributed by atoms with Crippen LogP contribution in [0.3, 0.4) is 0 Å². The first kappa shape index (κ1) is 34.1. The van der Waals surface area contributed by atoms with Crippen LogP contribution in [-0.2, 0) is 43.6 Å². The quantitative estimate of drug-likeness (QED) is 0.104. The van der Waals surface area contributed by atoms with Gasteiger partial charge in [0.1, 0.15) is 18.1 Å². The zero-order chi connectivity index (χ0) is 31.6. The van der Waals surface area contributed by atoms with Crippen molar-refractivity contribution >= 4 is 23.7 Å². The average molecular weight is 610 g/mol. The van der Waals surface area contributed by atoms with E-state index in [1.165, 1.54) is 31.4 Å². The molecule has 1 aromatic heterocycles. The van der Waals surface area contributed by atoms with Crippen LogP contribution in [0, 0.1) is 0 Å². The van der Waals surface area contributed by atoms with Crippen LogP contribution in [0.15, 0.2) is 54.7 Å². The molecule has 44 heavy (non-hydrogen) atoms. The number of nitrogens with zero attached hydrogens (tertiary/aromatic N) is 3. The summed E-state index contributed by atoms with van der Waals surface area (Å²) in [5.74, 6) is 0.209. The number of benzene rings is 2. The van der Waals surface area contributed by atoms with Gasteiger partial charge in [0.05, 0.1) is 65.9 Å². The van der Waals surface area contributed by atoms with Gasteiger partial charge in [-0.25, -0.2) is 4.68 Å². The van der Waals surface area contributed by atoms with E-state index in [1.807, 2.05) is 6.92 Å². The van der Waals surface area contributed by atoms with Crippen molar-refractivity contribution in [2.24, 2.45) is 0 Å². The van der Waals surface area contributed by atoms with E-state index in [0.29, 0.717) is 80.1 Å². The Morgan fingerprint density at radius 3 is 2.23 bits per heavy atom. The summed E-state index contributed by atoms with van der Waals surface area (Å²) in [5.41, 5.74) is 2.30. The highest BCUT2D eigenvalue weighted by Crippen LogP contribution is 2.29. The molecule has 12 nitrogen and oxygen atoms in total. The largest absolute Gasteiger partial charge is 0.508 e. The Kier molecular flexibility index (Phi) is 14.8. The number of rotatable bonds is 21. The van der Waals surface area contributed by atoms with E-state index < -0.39 is 0 Å². The molecule has 3 aromatic rings. The highest BCUT2D eigenvalue weighted by atomic mass is 16.5. The molecule has 2 aromatic carbocycles. The second-order valence-electron chi connectivity index (χ2n) is 9.42. The maximum atomic E-state index is 12.3. The van der Waals surface area contributed by atoms with Crippen molar-refractivity contribution < 1.29 is 43.5 Å². The number of carbonyl (C=O) groups is 2. The normalized spacial score (nSPS) is 11.4. The van der Waals surface area contributed by atoms with Gasteiger partial charge in [0.25, 0.3) is 0 Å². The van der Waals surface area contributed by atoms with Crippen molar-refractivity contribution in [3.63, 3.8) is 0 Å². The van der Waals surface area contributed by atoms with Crippen LogP contribution in [-0.4, -0.2) is 83.5 Å². The van der Waals surface area contributed by atoms with Crippen LogP contribution in [0.5, 0.6) is 17.2 Å². The van der Waals surface area contributed by atoms with Gasteiger partial charge in [-0.05, 0) is 54.5 Å². The number of hydrogen-bond acceptors (Lipinski definition) is 11. The number of aromatic hydroxyl groups is 1. The molecule has 0 atom stereocenters. The summed E-state index contributed by atoms with van der Waals surface area (Å²) in [7, 11) is 1.52. The molecular weight excluding hydrogens is 570 g/mol. The van der Waals surface area contributed by atoms with Gasteiger partial charge in [-0.3, -0.25) is 9.59 Å². The summed E-state index contributed by atoms with van der Waals surface area (Å²) in [5, 5.41) is 27.1. The van der Waals surface area contributed by atoms with E-state index in [1.54, 1.807) is 47.3 Å². The number of hydrogen-bond donors (Lipinski definition) is 2.